The van der Waals surface area contributed by atoms with E-state index >= 15 is 0 Å². The molecule has 128 valence electrons. The molecular weight excluding hydrogens is 391 g/mol. The van der Waals surface area contributed by atoms with Crippen LogP contribution in [0.5, 0.6) is 0 Å². The van der Waals surface area contributed by atoms with Crippen molar-refractivity contribution >= 4 is 33.7 Å². The fourth-order valence-electron chi connectivity index (χ4n) is 1.68. The normalized spacial score (nSPS) is 11.7. The molecule has 0 atom stereocenters. The van der Waals surface area contributed by atoms with Gasteiger partial charge < -0.3 is 15.1 Å². The smallest absolute Gasteiger partial charge is 0.417 e. The van der Waals surface area contributed by atoms with E-state index < -0.39 is 11.7 Å². The molecule has 0 saturated carbocycles. The molecule has 0 aliphatic rings. The zero-order valence-corrected chi connectivity index (χ0v) is 13.8. The Bertz CT molecular complexity index is 711. The molecule has 2 heterocycles. The Morgan fingerprint density at radius 1 is 1.25 bits per heavy atom. The molecular formula is C15H13BrF3N3O2. The number of rotatable bonds is 6. The molecule has 2 N–H and O–H groups in total. The number of aromatic nitrogens is 1. The van der Waals surface area contributed by atoms with Gasteiger partial charge in [0, 0.05) is 25.4 Å². The number of furan rings is 1. The Morgan fingerprint density at radius 3 is 2.62 bits per heavy atom. The molecule has 0 aliphatic carbocycles. The van der Waals surface area contributed by atoms with E-state index in [0.29, 0.717) is 22.8 Å². The third-order valence-corrected chi connectivity index (χ3v) is 3.24. The van der Waals surface area contributed by atoms with Crippen LogP contribution in [0.15, 0.2) is 45.6 Å². The largest absolute Gasteiger partial charge is 0.450 e. The van der Waals surface area contributed by atoms with Crippen LogP contribution < -0.4 is 10.6 Å². The van der Waals surface area contributed by atoms with E-state index in [1.807, 2.05) is 0 Å². The first kappa shape index (κ1) is 18.1. The van der Waals surface area contributed by atoms with E-state index in [4.69, 9.17) is 4.42 Å². The van der Waals surface area contributed by atoms with Crippen LogP contribution in [0.25, 0.3) is 6.08 Å². The summed E-state index contributed by atoms with van der Waals surface area (Å²) in [5, 5.41) is 5.43. The van der Waals surface area contributed by atoms with Gasteiger partial charge in [-0.05, 0) is 46.3 Å². The predicted octanol–water partition coefficient (Wildman–Crippen LogP) is 3.70. The standard InChI is InChI=1S/C15H13BrF3N3O2/c16-12-4-2-11(24-12)3-6-14(23)21-8-7-20-13-5-1-10(9-22-13)15(17,18)19/h1-6,9H,7-8H2,(H,20,22)(H,21,23)/b6-3+. The predicted molar refractivity (Wildman–Crippen MR) is 86.2 cm³/mol. The molecule has 0 radical (unpaired) electrons. The first-order valence-corrected chi connectivity index (χ1v) is 7.62. The minimum absolute atomic E-state index is 0.285. The SMILES string of the molecule is O=C(/C=C/c1ccc(Br)o1)NCCNc1ccc(C(F)(F)F)cn1. The number of hydrogen-bond donors (Lipinski definition) is 2. The van der Waals surface area contributed by atoms with Crippen LogP contribution >= 0.6 is 15.9 Å². The van der Waals surface area contributed by atoms with Gasteiger partial charge >= 0.3 is 6.18 Å². The zero-order valence-electron chi connectivity index (χ0n) is 12.2. The third-order valence-electron chi connectivity index (χ3n) is 2.81. The lowest BCUT2D eigenvalue weighted by atomic mass is 10.3. The second-order valence-corrected chi connectivity index (χ2v) is 5.40. The Hall–Kier alpha value is -2.29. The summed E-state index contributed by atoms with van der Waals surface area (Å²) in [6, 6.07) is 5.59. The lowest BCUT2D eigenvalue weighted by Crippen LogP contribution is -2.27. The number of carbonyl (C=O) groups excluding carboxylic acids is 1. The average molecular weight is 404 g/mol. The number of pyridine rings is 1. The molecule has 0 bridgehead atoms. The minimum atomic E-state index is -4.41. The number of hydrogen-bond acceptors (Lipinski definition) is 4. The summed E-state index contributed by atoms with van der Waals surface area (Å²) < 4.78 is 42.9. The molecule has 2 aromatic heterocycles. The lowest BCUT2D eigenvalue weighted by Gasteiger charge is -2.08. The summed E-state index contributed by atoms with van der Waals surface area (Å²) in [5.74, 6) is 0.516. The number of halogens is 4. The quantitative estimate of drug-likeness (QED) is 0.569. The Kier molecular flexibility index (Phi) is 6.02. The van der Waals surface area contributed by atoms with Crippen molar-refractivity contribution in [1.29, 1.82) is 0 Å². The summed E-state index contributed by atoms with van der Waals surface area (Å²) in [6.07, 6.45) is -0.812. The molecule has 24 heavy (non-hydrogen) atoms. The van der Waals surface area contributed by atoms with E-state index in [9.17, 15) is 18.0 Å². The fraction of sp³-hybridized carbons (Fsp3) is 0.200. The molecule has 5 nitrogen and oxygen atoms in total. The van der Waals surface area contributed by atoms with Crippen molar-refractivity contribution in [3.05, 3.63) is 52.5 Å². The maximum Gasteiger partial charge on any atom is 0.417 e. The van der Waals surface area contributed by atoms with Crippen LogP contribution in [0.3, 0.4) is 0 Å². The molecule has 2 aromatic rings. The topological polar surface area (TPSA) is 67.2 Å². The molecule has 0 spiro atoms. The van der Waals surface area contributed by atoms with Gasteiger partial charge in [-0.25, -0.2) is 4.98 Å². The average Bonchev–Trinajstić information content (AvgIpc) is 2.95. The van der Waals surface area contributed by atoms with E-state index in [2.05, 4.69) is 31.5 Å². The van der Waals surface area contributed by atoms with Crippen molar-refractivity contribution in [2.24, 2.45) is 0 Å². The zero-order chi connectivity index (χ0) is 17.6. The van der Waals surface area contributed by atoms with Gasteiger partial charge in [0.05, 0.1) is 5.56 Å². The van der Waals surface area contributed by atoms with Gasteiger partial charge in [0.25, 0.3) is 0 Å². The van der Waals surface area contributed by atoms with Crippen molar-refractivity contribution in [3.63, 3.8) is 0 Å². The maximum absolute atomic E-state index is 12.4. The summed E-state index contributed by atoms with van der Waals surface area (Å²) in [7, 11) is 0. The van der Waals surface area contributed by atoms with Gasteiger partial charge in [0.2, 0.25) is 5.91 Å². The van der Waals surface area contributed by atoms with Gasteiger partial charge in [0.15, 0.2) is 4.67 Å². The van der Waals surface area contributed by atoms with Gasteiger partial charge in [-0.15, -0.1) is 0 Å². The molecule has 9 heteroatoms. The number of amides is 1. The molecule has 0 unspecified atom stereocenters. The van der Waals surface area contributed by atoms with E-state index in [-0.39, 0.29) is 12.5 Å². The Balaban J connectivity index is 1.70. The highest BCUT2D eigenvalue weighted by atomic mass is 79.9. The van der Waals surface area contributed by atoms with Gasteiger partial charge in [-0.3, -0.25) is 4.79 Å². The minimum Gasteiger partial charge on any atom is -0.450 e. The van der Waals surface area contributed by atoms with E-state index in [0.717, 1.165) is 12.3 Å². The van der Waals surface area contributed by atoms with Crippen LogP contribution in [0.2, 0.25) is 0 Å². The number of anilines is 1. The second kappa shape index (κ2) is 8.00. The molecule has 0 aliphatic heterocycles. The van der Waals surface area contributed by atoms with E-state index in [1.54, 1.807) is 12.1 Å². The summed E-state index contributed by atoms with van der Waals surface area (Å²) >= 11 is 3.15. The number of nitrogens with one attached hydrogen (secondary N) is 2. The molecule has 2 rings (SSSR count). The monoisotopic (exact) mass is 403 g/mol. The molecule has 0 fully saturated rings. The maximum atomic E-state index is 12.4. The van der Waals surface area contributed by atoms with Gasteiger partial charge in [-0.1, -0.05) is 0 Å². The molecule has 0 aromatic carbocycles. The van der Waals surface area contributed by atoms with Crippen LogP contribution in [0, 0.1) is 0 Å². The van der Waals surface area contributed by atoms with Crippen molar-refractivity contribution in [3.8, 4) is 0 Å². The third kappa shape index (κ3) is 5.73. The Labute approximate surface area is 144 Å². The summed E-state index contributed by atoms with van der Waals surface area (Å²) in [5.41, 5.74) is -0.809. The number of carbonyl (C=O) groups is 1. The van der Waals surface area contributed by atoms with Crippen LogP contribution in [-0.2, 0) is 11.0 Å². The number of nitrogens with zero attached hydrogens (tertiary/aromatic N) is 1. The van der Waals surface area contributed by atoms with Crippen molar-refractivity contribution < 1.29 is 22.4 Å². The lowest BCUT2D eigenvalue weighted by molar-refractivity contribution is -0.137. The highest BCUT2D eigenvalue weighted by molar-refractivity contribution is 9.10. The fourth-order valence-corrected chi connectivity index (χ4v) is 2.00. The van der Waals surface area contributed by atoms with Crippen molar-refractivity contribution in [2.75, 3.05) is 18.4 Å². The van der Waals surface area contributed by atoms with Crippen LogP contribution in [-0.4, -0.2) is 24.0 Å². The van der Waals surface area contributed by atoms with Crippen LogP contribution in [0.1, 0.15) is 11.3 Å². The van der Waals surface area contributed by atoms with E-state index in [1.165, 1.54) is 18.2 Å². The second-order valence-electron chi connectivity index (χ2n) is 4.62. The summed E-state index contributed by atoms with van der Waals surface area (Å²) in [6.45, 7) is 0.609. The highest BCUT2D eigenvalue weighted by Gasteiger charge is 2.30. The molecule has 1 amide bonds. The Morgan fingerprint density at radius 2 is 2.04 bits per heavy atom. The van der Waals surface area contributed by atoms with Crippen molar-refractivity contribution in [2.45, 2.75) is 6.18 Å². The number of alkyl halides is 3. The first-order valence-electron chi connectivity index (χ1n) is 6.83. The summed E-state index contributed by atoms with van der Waals surface area (Å²) in [4.78, 5) is 15.2. The molecule has 0 saturated heterocycles. The first-order chi connectivity index (χ1) is 11.3. The highest BCUT2D eigenvalue weighted by Crippen LogP contribution is 2.28. The van der Waals surface area contributed by atoms with Crippen molar-refractivity contribution in [1.82, 2.24) is 10.3 Å². The van der Waals surface area contributed by atoms with Gasteiger partial charge in [0.1, 0.15) is 11.6 Å². The van der Waals surface area contributed by atoms with Crippen LogP contribution in [0.4, 0.5) is 19.0 Å². The van der Waals surface area contributed by atoms with Gasteiger partial charge in [-0.2, -0.15) is 13.2 Å².